The second-order valence-electron chi connectivity index (χ2n) is 6.31. The number of fused-ring (bicyclic) bond motifs is 3. The van der Waals surface area contributed by atoms with Gasteiger partial charge in [-0.1, -0.05) is 26.0 Å². The Bertz CT molecular complexity index is 685. The zero-order valence-corrected chi connectivity index (χ0v) is 12.8. The highest BCUT2D eigenvalue weighted by atomic mass is 16.2. The molecule has 0 bridgehead atoms. The van der Waals surface area contributed by atoms with E-state index < -0.39 is 0 Å². The van der Waals surface area contributed by atoms with Crippen LogP contribution >= 0.6 is 0 Å². The number of para-hydroxylation sites is 1. The molecular weight excluding hydrogens is 262 g/mol. The lowest BCUT2D eigenvalue weighted by molar-refractivity contribution is 0.0955. The fourth-order valence-corrected chi connectivity index (χ4v) is 3.52. The van der Waals surface area contributed by atoms with E-state index in [1.165, 1.54) is 29.5 Å². The third-order valence-electron chi connectivity index (χ3n) is 4.32. The van der Waals surface area contributed by atoms with Crippen LogP contribution in [0.25, 0.3) is 10.9 Å². The lowest BCUT2D eigenvalue weighted by Crippen LogP contribution is -2.30. The average molecular weight is 285 g/mol. The lowest BCUT2D eigenvalue weighted by atomic mass is 9.95. The van der Waals surface area contributed by atoms with Crippen LogP contribution in [0, 0.1) is 5.92 Å². The SMILES string of the molecule is CC(C)Cn1c2c(c3cccc(C(=O)NN)c31)CCCC2. The Morgan fingerprint density at radius 1 is 1.33 bits per heavy atom. The maximum absolute atomic E-state index is 12.1. The Morgan fingerprint density at radius 2 is 2.10 bits per heavy atom. The van der Waals surface area contributed by atoms with Crippen molar-refractivity contribution in [1.29, 1.82) is 0 Å². The van der Waals surface area contributed by atoms with E-state index in [-0.39, 0.29) is 5.91 Å². The molecule has 1 amide bonds. The maximum Gasteiger partial charge on any atom is 0.267 e. The first-order chi connectivity index (χ1) is 10.1. The fourth-order valence-electron chi connectivity index (χ4n) is 3.52. The molecule has 0 saturated carbocycles. The van der Waals surface area contributed by atoms with E-state index in [2.05, 4.69) is 29.9 Å². The van der Waals surface area contributed by atoms with Crippen LogP contribution in [0.5, 0.6) is 0 Å². The van der Waals surface area contributed by atoms with Gasteiger partial charge < -0.3 is 4.57 Å². The minimum atomic E-state index is -0.208. The molecule has 1 heterocycles. The number of hydrazine groups is 1. The lowest BCUT2D eigenvalue weighted by Gasteiger charge is -2.18. The van der Waals surface area contributed by atoms with Crippen molar-refractivity contribution < 1.29 is 4.79 Å². The van der Waals surface area contributed by atoms with Crippen LogP contribution in [0.1, 0.15) is 48.3 Å². The van der Waals surface area contributed by atoms with Gasteiger partial charge in [-0.3, -0.25) is 10.2 Å². The van der Waals surface area contributed by atoms with Gasteiger partial charge in [0, 0.05) is 17.6 Å². The monoisotopic (exact) mass is 285 g/mol. The van der Waals surface area contributed by atoms with Crippen molar-refractivity contribution in [2.75, 3.05) is 0 Å². The highest BCUT2D eigenvalue weighted by molar-refractivity contribution is 6.07. The number of carbonyl (C=O) groups is 1. The Kier molecular flexibility index (Phi) is 3.72. The van der Waals surface area contributed by atoms with Crippen LogP contribution in [0.4, 0.5) is 0 Å². The van der Waals surface area contributed by atoms with Crippen LogP contribution in [-0.2, 0) is 19.4 Å². The molecule has 0 spiro atoms. The molecule has 0 atom stereocenters. The first kappa shape index (κ1) is 14.1. The molecule has 3 rings (SSSR count). The molecule has 2 aromatic rings. The molecule has 0 saturated heterocycles. The van der Waals surface area contributed by atoms with Gasteiger partial charge in [-0.2, -0.15) is 0 Å². The summed E-state index contributed by atoms with van der Waals surface area (Å²) in [5, 5.41) is 1.23. The number of hydrogen-bond donors (Lipinski definition) is 2. The molecule has 4 nitrogen and oxygen atoms in total. The standard InChI is InChI=1S/C17H23N3O/c1-11(2)10-20-15-9-4-3-6-12(15)13-7-5-8-14(16(13)20)17(21)19-18/h5,7-8,11H,3-4,6,9-10,18H2,1-2H3,(H,19,21). The van der Waals surface area contributed by atoms with Gasteiger partial charge in [-0.05, 0) is 43.2 Å². The van der Waals surface area contributed by atoms with Crippen LogP contribution in [0.2, 0.25) is 0 Å². The van der Waals surface area contributed by atoms with Crippen molar-refractivity contribution in [3.8, 4) is 0 Å². The summed E-state index contributed by atoms with van der Waals surface area (Å²) in [5.41, 5.74) is 6.88. The molecule has 112 valence electrons. The predicted molar refractivity (Wildman–Crippen MR) is 85.1 cm³/mol. The maximum atomic E-state index is 12.1. The third-order valence-corrected chi connectivity index (χ3v) is 4.32. The van der Waals surface area contributed by atoms with Crippen LogP contribution in [0.3, 0.4) is 0 Å². The number of nitrogen functional groups attached to an aromatic ring is 1. The van der Waals surface area contributed by atoms with Gasteiger partial charge in [-0.15, -0.1) is 0 Å². The first-order valence-corrected chi connectivity index (χ1v) is 7.77. The Labute approximate surface area is 125 Å². The molecule has 0 fully saturated rings. The van der Waals surface area contributed by atoms with Gasteiger partial charge in [0.05, 0.1) is 11.1 Å². The highest BCUT2D eigenvalue weighted by Crippen LogP contribution is 2.34. The van der Waals surface area contributed by atoms with Gasteiger partial charge >= 0.3 is 0 Å². The summed E-state index contributed by atoms with van der Waals surface area (Å²) in [6.45, 7) is 5.38. The van der Waals surface area contributed by atoms with Gasteiger partial charge in [0.25, 0.3) is 5.91 Å². The molecule has 21 heavy (non-hydrogen) atoms. The molecule has 0 unspecified atom stereocenters. The zero-order chi connectivity index (χ0) is 15.0. The second kappa shape index (κ2) is 5.53. The highest BCUT2D eigenvalue weighted by Gasteiger charge is 2.23. The topological polar surface area (TPSA) is 60.0 Å². The van der Waals surface area contributed by atoms with E-state index in [1.807, 2.05) is 12.1 Å². The van der Waals surface area contributed by atoms with Crippen molar-refractivity contribution in [3.63, 3.8) is 0 Å². The van der Waals surface area contributed by atoms with E-state index in [0.717, 1.165) is 24.9 Å². The minimum Gasteiger partial charge on any atom is -0.343 e. The number of nitrogens with zero attached hydrogens (tertiary/aromatic N) is 1. The van der Waals surface area contributed by atoms with E-state index in [9.17, 15) is 4.79 Å². The Morgan fingerprint density at radius 3 is 2.81 bits per heavy atom. The van der Waals surface area contributed by atoms with Crippen molar-refractivity contribution in [2.45, 2.75) is 46.1 Å². The van der Waals surface area contributed by atoms with E-state index in [0.29, 0.717) is 11.5 Å². The molecule has 1 aliphatic carbocycles. The fraction of sp³-hybridized carbons (Fsp3) is 0.471. The molecule has 1 aromatic carbocycles. The second-order valence-corrected chi connectivity index (χ2v) is 6.31. The predicted octanol–water partition coefficient (Wildman–Crippen LogP) is 2.78. The number of hydrogen-bond acceptors (Lipinski definition) is 2. The Balaban J connectivity index is 2.31. The van der Waals surface area contributed by atoms with E-state index >= 15 is 0 Å². The van der Waals surface area contributed by atoms with Crippen molar-refractivity contribution in [2.24, 2.45) is 11.8 Å². The number of benzene rings is 1. The first-order valence-electron chi connectivity index (χ1n) is 7.77. The molecule has 4 heteroatoms. The molecule has 1 aliphatic rings. The normalized spacial score (nSPS) is 14.5. The van der Waals surface area contributed by atoms with E-state index in [1.54, 1.807) is 0 Å². The van der Waals surface area contributed by atoms with E-state index in [4.69, 9.17) is 5.84 Å². The summed E-state index contributed by atoms with van der Waals surface area (Å²) in [4.78, 5) is 12.1. The number of aromatic nitrogens is 1. The largest absolute Gasteiger partial charge is 0.343 e. The van der Waals surface area contributed by atoms with Crippen molar-refractivity contribution in [1.82, 2.24) is 9.99 Å². The van der Waals surface area contributed by atoms with Crippen LogP contribution < -0.4 is 11.3 Å². The van der Waals surface area contributed by atoms with Gasteiger partial charge in [0.15, 0.2) is 0 Å². The smallest absolute Gasteiger partial charge is 0.267 e. The average Bonchev–Trinajstić information content (AvgIpc) is 2.81. The number of amides is 1. The van der Waals surface area contributed by atoms with Gasteiger partial charge in [0.1, 0.15) is 0 Å². The number of carbonyl (C=O) groups excluding carboxylic acids is 1. The molecule has 3 N–H and O–H groups in total. The Hall–Kier alpha value is -1.81. The molecule has 0 aliphatic heterocycles. The summed E-state index contributed by atoms with van der Waals surface area (Å²) in [6, 6.07) is 5.97. The van der Waals surface area contributed by atoms with Gasteiger partial charge in [-0.25, -0.2) is 5.84 Å². The number of rotatable bonds is 3. The van der Waals surface area contributed by atoms with Crippen LogP contribution in [-0.4, -0.2) is 10.5 Å². The van der Waals surface area contributed by atoms with Gasteiger partial charge in [0.2, 0.25) is 0 Å². The van der Waals surface area contributed by atoms with Crippen molar-refractivity contribution in [3.05, 3.63) is 35.0 Å². The van der Waals surface area contributed by atoms with Crippen LogP contribution in [0.15, 0.2) is 18.2 Å². The number of nitrogens with two attached hydrogens (primary N) is 1. The minimum absolute atomic E-state index is 0.208. The number of nitrogens with one attached hydrogen (secondary N) is 1. The van der Waals surface area contributed by atoms with Crippen molar-refractivity contribution >= 4 is 16.8 Å². The molecule has 1 aromatic heterocycles. The zero-order valence-electron chi connectivity index (χ0n) is 12.8. The molecule has 0 radical (unpaired) electrons. The summed E-state index contributed by atoms with van der Waals surface area (Å²) in [7, 11) is 0. The summed E-state index contributed by atoms with van der Waals surface area (Å²) < 4.78 is 2.36. The quantitative estimate of drug-likeness (QED) is 0.517. The summed E-state index contributed by atoms with van der Waals surface area (Å²) in [5.74, 6) is 5.69. The number of aryl methyl sites for hydroxylation is 1. The summed E-state index contributed by atoms with van der Waals surface area (Å²) in [6.07, 6.45) is 4.70. The summed E-state index contributed by atoms with van der Waals surface area (Å²) >= 11 is 0. The third kappa shape index (κ3) is 2.33. The molecular formula is C17H23N3O.